The van der Waals surface area contributed by atoms with Gasteiger partial charge in [-0.05, 0) is 25.1 Å². The highest BCUT2D eigenvalue weighted by molar-refractivity contribution is 5.47. The number of nitriles is 1. The number of aryl methyl sites for hydroxylation is 1. The first-order valence-electron chi connectivity index (χ1n) is 6.95. The van der Waals surface area contributed by atoms with Gasteiger partial charge >= 0.3 is 0 Å². The Balaban J connectivity index is 1.63. The standard InChI is InChI=1S/C16H16N4O/c1-12-8-14(4-6-18-12)20-7-5-15(11-20)21-16-3-2-13(9-17)10-19-16/h2-4,6,8,10,15H,5,7,11H2,1H3. The van der Waals surface area contributed by atoms with Crippen molar-refractivity contribution in [3.05, 3.63) is 47.9 Å². The largest absolute Gasteiger partial charge is 0.472 e. The van der Waals surface area contributed by atoms with Crippen LogP contribution in [0, 0.1) is 18.3 Å². The van der Waals surface area contributed by atoms with E-state index >= 15 is 0 Å². The van der Waals surface area contributed by atoms with Crippen molar-refractivity contribution >= 4 is 5.69 Å². The summed E-state index contributed by atoms with van der Waals surface area (Å²) in [5.41, 5.74) is 2.75. The fourth-order valence-corrected chi connectivity index (χ4v) is 2.47. The lowest BCUT2D eigenvalue weighted by Gasteiger charge is -2.19. The third kappa shape index (κ3) is 3.11. The lowest BCUT2D eigenvalue weighted by molar-refractivity contribution is 0.216. The van der Waals surface area contributed by atoms with E-state index in [1.165, 1.54) is 11.9 Å². The number of hydrogen-bond donors (Lipinski definition) is 0. The molecule has 3 heterocycles. The molecule has 1 aliphatic rings. The van der Waals surface area contributed by atoms with Crippen LogP contribution in [-0.4, -0.2) is 29.2 Å². The molecular weight excluding hydrogens is 264 g/mol. The predicted molar refractivity (Wildman–Crippen MR) is 79.2 cm³/mol. The van der Waals surface area contributed by atoms with Gasteiger partial charge in [-0.1, -0.05) is 0 Å². The molecule has 1 aliphatic heterocycles. The second kappa shape index (κ2) is 5.80. The monoisotopic (exact) mass is 280 g/mol. The zero-order valence-corrected chi connectivity index (χ0v) is 11.9. The average Bonchev–Trinajstić information content (AvgIpc) is 2.97. The van der Waals surface area contributed by atoms with Crippen LogP contribution in [0.2, 0.25) is 0 Å². The van der Waals surface area contributed by atoms with Crippen molar-refractivity contribution in [3.8, 4) is 11.9 Å². The van der Waals surface area contributed by atoms with Crippen molar-refractivity contribution in [1.29, 1.82) is 5.26 Å². The minimum atomic E-state index is 0.124. The summed E-state index contributed by atoms with van der Waals surface area (Å²) in [5, 5.41) is 8.75. The number of aromatic nitrogens is 2. The van der Waals surface area contributed by atoms with Gasteiger partial charge in [-0.25, -0.2) is 4.98 Å². The molecule has 0 spiro atoms. The van der Waals surface area contributed by atoms with Crippen molar-refractivity contribution in [2.75, 3.05) is 18.0 Å². The first-order chi connectivity index (χ1) is 10.2. The molecule has 0 bridgehead atoms. The minimum absolute atomic E-state index is 0.124. The van der Waals surface area contributed by atoms with Gasteiger partial charge in [0.2, 0.25) is 5.88 Å². The zero-order valence-electron chi connectivity index (χ0n) is 11.9. The summed E-state index contributed by atoms with van der Waals surface area (Å²) in [5.74, 6) is 0.576. The van der Waals surface area contributed by atoms with Gasteiger partial charge in [0.15, 0.2) is 0 Å². The molecule has 106 valence electrons. The highest BCUT2D eigenvalue weighted by Crippen LogP contribution is 2.23. The second-order valence-corrected chi connectivity index (χ2v) is 5.13. The molecule has 1 unspecified atom stereocenters. The molecule has 1 atom stereocenters. The van der Waals surface area contributed by atoms with Gasteiger partial charge < -0.3 is 9.64 Å². The highest BCUT2D eigenvalue weighted by Gasteiger charge is 2.24. The molecule has 0 saturated carbocycles. The van der Waals surface area contributed by atoms with Crippen molar-refractivity contribution < 1.29 is 4.74 Å². The van der Waals surface area contributed by atoms with E-state index < -0.39 is 0 Å². The van der Waals surface area contributed by atoms with E-state index in [9.17, 15) is 0 Å². The van der Waals surface area contributed by atoms with Gasteiger partial charge in [-0.2, -0.15) is 5.26 Å². The third-order valence-electron chi connectivity index (χ3n) is 3.54. The van der Waals surface area contributed by atoms with Crippen LogP contribution in [0.3, 0.4) is 0 Å². The maximum atomic E-state index is 8.75. The summed E-state index contributed by atoms with van der Waals surface area (Å²) < 4.78 is 5.88. The van der Waals surface area contributed by atoms with E-state index in [1.54, 1.807) is 12.1 Å². The molecule has 21 heavy (non-hydrogen) atoms. The summed E-state index contributed by atoms with van der Waals surface area (Å²) in [7, 11) is 0. The highest BCUT2D eigenvalue weighted by atomic mass is 16.5. The molecule has 1 saturated heterocycles. The van der Waals surface area contributed by atoms with Crippen LogP contribution in [0.4, 0.5) is 5.69 Å². The van der Waals surface area contributed by atoms with Crippen LogP contribution in [0.5, 0.6) is 5.88 Å². The van der Waals surface area contributed by atoms with Gasteiger partial charge in [-0.3, -0.25) is 4.98 Å². The Morgan fingerprint density at radius 3 is 2.95 bits per heavy atom. The van der Waals surface area contributed by atoms with Crippen LogP contribution in [0.15, 0.2) is 36.7 Å². The summed E-state index contributed by atoms with van der Waals surface area (Å²) in [6.07, 6.45) is 4.46. The Hall–Kier alpha value is -2.61. The summed E-state index contributed by atoms with van der Waals surface area (Å²) in [6, 6.07) is 9.63. The molecule has 0 aliphatic carbocycles. The first-order valence-corrected chi connectivity index (χ1v) is 6.95. The Kier molecular flexibility index (Phi) is 3.69. The molecule has 2 aromatic heterocycles. The Bertz CT molecular complexity index is 663. The number of pyridine rings is 2. The van der Waals surface area contributed by atoms with Crippen LogP contribution in [0.1, 0.15) is 17.7 Å². The summed E-state index contributed by atoms with van der Waals surface area (Å²) >= 11 is 0. The van der Waals surface area contributed by atoms with E-state index in [0.717, 1.165) is 25.2 Å². The van der Waals surface area contributed by atoms with Gasteiger partial charge in [0.05, 0.1) is 12.1 Å². The van der Waals surface area contributed by atoms with Gasteiger partial charge in [0, 0.05) is 42.8 Å². The van der Waals surface area contributed by atoms with E-state index in [-0.39, 0.29) is 6.10 Å². The smallest absolute Gasteiger partial charge is 0.213 e. The van der Waals surface area contributed by atoms with Gasteiger partial charge in [-0.15, -0.1) is 0 Å². The van der Waals surface area contributed by atoms with Gasteiger partial charge in [0.1, 0.15) is 12.2 Å². The van der Waals surface area contributed by atoms with Crippen molar-refractivity contribution in [1.82, 2.24) is 9.97 Å². The van der Waals surface area contributed by atoms with Crippen molar-refractivity contribution in [2.24, 2.45) is 0 Å². The Morgan fingerprint density at radius 2 is 2.24 bits per heavy atom. The Morgan fingerprint density at radius 1 is 1.33 bits per heavy atom. The molecule has 1 fully saturated rings. The van der Waals surface area contributed by atoms with Crippen molar-refractivity contribution in [3.63, 3.8) is 0 Å². The first kappa shape index (κ1) is 13.4. The quantitative estimate of drug-likeness (QED) is 0.863. The third-order valence-corrected chi connectivity index (χ3v) is 3.54. The lowest BCUT2D eigenvalue weighted by Crippen LogP contribution is -2.24. The topological polar surface area (TPSA) is 62.0 Å². The molecule has 3 rings (SSSR count). The second-order valence-electron chi connectivity index (χ2n) is 5.13. The van der Waals surface area contributed by atoms with E-state index in [0.29, 0.717) is 11.4 Å². The lowest BCUT2D eigenvalue weighted by atomic mass is 10.3. The van der Waals surface area contributed by atoms with Crippen molar-refractivity contribution in [2.45, 2.75) is 19.4 Å². The Labute approximate surface area is 123 Å². The van der Waals surface area contributed by atoms with E-state index in [4.69, 9.17) is 10.00 Å². The van der Waals surface area contributed by atoms with Crippen LogP contribution >= 0.6 is 0 Å². The molecular formula is C16H16N4O. The average molecular weight is 280 g/mol. The normalized spacial score (nSPS) is 17.5. The number of rotatable bonds is 3. The summed E-state index contributed by atoms with van der Waals surface area (Å²) in [4.78, 5) is 10.7. The van der Waals surface area contributed by atoms with Crippen LogP contribution in [-0.2, 0) is 0 Å². The number of hydrogen-bond acceptors (Lipinski definition) is 5. The molecule has 0 radical (unpaired) electrons. The van der Waals surface area contributed by atoms with Gasteiger partial charge in [0.25, 0.3) is 0 Å². The summed E-state index contributed by atoms with van der Waals surface area (Å²) in [6.45, 7) is 3.80. The number of nitrogens with zero attached hydrogens (tertiary/aromatic N) is 4. The maximum Gasteiger partial charge on any atom is 0.213 e. The zero-order chi connectivity index (χ0) is 14.7. The molecule has 2 aromatic rings. The number of ether oxygens (including phenoxy) is 1. The molecule has 0 amide bonds. The molecule has 5 heteroatoms. The number of anilines is 1. The van der Waals surface area contributed by atoms with Crippen LogP contribution < -0.4 is 9.64 Å². The predicted octanol–water partition coefficient (Wildman–Crippen LogP) is 2.31. The SMILES string of the molecule is Cc1cc(N2CCC(Oc3ccc(C#N)cn3)C2)ccn1. The van der Waals surface area contributed by atoms with E-state index in [2.05, 4.69) is 20.9 Å². The molecule has 0 aromatic carbocycles. The fourth-order valence-electron chi connectivity index (χ4n) is 2.47. The van der Waals surface area contributed by atoms with Crippen LogP contribution in [0.25, 0.3) is 0 Å². The molecule has 5 nitrogen and oxygen atoms in total. The maximum absolute atomic E-state index is 8.75. The minimum Gasteiger partial charge on any atom is -0.472 e. The fraction of sp³-hybridized carbons (Fsp3) is 0.312. The molecule has 0 N–H and O–H groups in total. The van der Waals surface area contributed by atoms with E-state index in [1.807, 2.05) is 25.3 Å².